The number of nitrogens with two attached hydrogens (primary N) is 1. The van der Waals surface area contributed by atoms with Gasteiger partial charge in [-0.2, -0.15) is 0 Å². The maximum atomic E-state index is 11.5. The third-order valence-corrected chi connectivity index (χ3v) is 3.39. The van der Waals surface area contributed by atoms with Crippen LogP contribution in [0.5, 0.6) is 0 Å². The lowest BCUT2D eigenvalue weighted by Crippen LogP contribution is -2.09. The van der Waals surface area contributed by atoms with Crippen LogP contribution in [0.25, 0.3) is 0 Å². The number of esters is 1. The molecule has 0 spiro atoms. The van der Waals surface area contributed by atoms with Gasteiger partial charge in [0.1, 0.15) is 11.6 Å². The van der Waals surface area contributed by atoms with Crippen LogP contribution in [0.15, 0.2) is 5.38 Å². The Morgan fingerprint density at radius 1 is 1.50 bits per heavy atom. The Kier molecular flexibility index (Phi) is 3.33. The Bertz CT molecular complexity index is 588. The fraction of sp³-hybridized carbons (Fsp3) is 0.364. The number of carbonyl (C=O) groups excluding carboxylic acids is 1. The van der Waals surface area contributed by atoms with E-state index in [1.165, 1.54) is 7.11 Å². The minimum Gasteiger partial charge on any atom is -0.464 e. The maximum absolute atomic E-state index is 11.5. The zero-order valence-corrected chi connectivity index (χ0v) is 11.2. The maximum Gasteiger partial charge on any atom is 0.360 e. The van der Waals surface area contributed by atoms with E-state index in [4.69, 9.17) is 5.73 Å². The van der Waals surface area contributed by atoms with Crippen molar-refractivity contribution in [3.63, 3.8) is 0 Å². The summed E-state index contributed by atoms with van der Waals surface area (Å²) < 4.78 is 6.38. The molecule has 2 aromatic rings. The van der Waals surface area contributed by atoms with Crippen molar-refractivity contribution in [1.29, 1.82) is 0 Å². The lowest BCUT2D eigenvalue weighted by atomic mass is 10.4. The number of aromatic nitrogens is 3. The summed E-state index contributed by atoms with van der Waals surface area (Å²) >= 11 is 1.58. The molecule has 0 aromatic carbocycles. The van der Waals surface area contributed by atoms with Crippen molar-refractivity contribution in [1.82, 2.24) is 14.5 Å². The molecule has 0 amide bonds. The van der Waals surface area contributed by atoms with Crippen LogP contribution in [-0.2, 0) is 11.3 Å². The first kappa shape index (κ1) is 12.6. The second-order valence-corrected chi connectivity index (χ2v) is 4.89. The first-order chi connectivity index (χ1) is 8.52. The van der Waals surface area contributed by atoms with E-state index >= 15 is 0 Å². The van der Waals surface area contributed by atoms with Crippen LogP contribution in [-0.4, -0.2) is 27.6 Å². The topological polar surface area (TPSA) is 83.0 Å². The molecule has 6 nitrogen and oxygen atoms in total. The average Bonchev–Trinajstić information content (AvgIpc) is 2.87. The number of aryl methyl sites for hydroxylation is 2. The summed E-state index contributed by atoms with van der Waals surface area (Å²) in [5.41, 5.74) is 6.97. The molecule has 0 fully saturated rings. The molecular weight excluding hydrogens is 252 g/mol. The van der Waals surface area contributed by atoms with Gasteiger partial charge in [0.2, 0.25) is 0 Å². The fourth-order valence-electron chi connectivity index (χ4n) is 1.67. The summed E-state index contributed by atoms with van der Waals surface area (Å²) in [6.45, 7) is 4.24. The molecule has 0 aliphatic rings. The van der Waals surface area contributed by atoms with Crippen LogP contribution >= 0.6 is 11.3 Å². The molecule has 0 bridgehead atoms. The molecule has 2 rings (SSSR count). The normalized spacial score (nSPS) is 10.6. The van der Waals surface area contributed by atoms with Gasteiger partial charge in [-0.25, -0.2) is 14.8 Å². The molecule has 0 aliphatic carbocycles. The molecule has 0 unspecified atom stereocenters. The zero-order chi connectivity index (χ0) is 13.3. The summed E-state index contributed by atoms with van der Waals surface area (Å²) in [5, 5.41) is 2.96. The van der Waals surface area contributed by atoms with Gasteiger partial charge in [-0.05, 0) is 13.8 Å². The minimum atomic E-state index is -0.524. The molecule has 0 saturated heterocycles. The van der Waals surface area contributed by atoms with Crippen LogP contribution in [0.2, 0.25) is 0 Å². The van der Waals surface area contributed by atoms with E-state index in [2.05, 4.69) is 14.7 Å². The fourth-order valence-corrected chi connectivity index (χ4v) is 2.27. The van der Waals surface area contributed by atoms with Crippen molar-refractivity contribution in [3.8, 4) is 0 Å². The second kappa shape index (κ2) is 4.77. The number of hydrogen-bond acceptors (Lipinski definition) is 6. The van der Waals surface area contributed by atoms with Crippen LogP contribution < -0.4 is 5.73 Å². The third kappa shape index (κ3) is 2.21. The minimum absolute atomic E-state index is 0.155. The van der Waals surface area contributed by atoms with E-state index in [1.54, 1.807) is 22.8 Å². The van der Waals surface area contributed by atoms with Gasteiger partial charge in [0, 0.05) is 5.38 Å². The molecule has 0 saturated carbocycles. The Labute approximate surface area is 108 Å². The van der Waals surface area contributed by atoms with Gasteiger partial charge in [0.15, 0.2) is 5.69 Å². The number of rotatable bonds is 3. The number of imidazole rings is 1. The molecule has 96 valence electrons. The number of thiazole rings is 1. The second-order valence-electron chi connectivity index (χ2n) is 3.83. The highest BCUT2D eigenvalue weighted by Crippen LogP contribution is 2.18. The van der Waals surface area contributed by atoms with Gasteiger partial charge >= 0.3 is 5.97 Å². The van der Waals surface area contributed by atoms with Crippen molar-refractivity contribution < 1.29 is 9.53 Å². The Morgan fingerprint density at radius 3 is 2.78 bits per heavy atom. The van der Waals surface area contributed by atoms with E-state index < -0.39 is 5.97 Å². The van der Waals surface area contributed by atoms with Crippen molar-refractivity contribution >= 4 is 23.1 Å². The van der Waals surface area contributed by atoms with Crippen molar-refractivity contribution in [2.24, 2.45) is 0 Å². The third-order valence-electron chi connectivity index (χ3n) is 2.56. The Balaban J connectivity index is 2.34. The largest absolute Gasteiger partial charge is 0.464 e. The summed E-state index contributed by atoms with van der Waals surface area (Å²) in [5.74, 6) is 0.451. The first-order valence-corrected chi connectivity index (χ1v) is 6.22. The SMILES string of the molecule is COC(=O)c1nc(C)n(Cc2csc(C)n2)c1N. The van der Waals surface area contributed by atoms with E-state index in [-0.39, 0.29) is 5.69 Å². The number of nitrogen functional groups attached to an aromatic ring is 1. The van der Waals surface area contributed by atoms with Gasteiger partial charge in [-0.3, -0.25) is 0 Å². The molecule has 18 heavy (non-hydrogen) atoms. The lowest BCUT2D eigenvalue weighted by Gasteiger charge is -2.05. The van der Waals surface area contributed by atoms with Crippen LogP contribution in [0.1, 0.15) is 27.0 Å². The summed E-state index contributed by atoms with van der Waals surface area (Å²) in [4.78, 5) is 19.9. The number of ether oxygens (including phenoxy) is 1. The van der Waals surface area contributed by atoms with Crippen LogP contribution in [0.3, 0.4) is 0 Å². The van der Waals surface area contributed by atoms with Crippen LogP contribution in [0, 0.1) is 13.8 Å². The van der Waals surface area contributed by atoms with Crippen molar-refractivity contribution in [2.75, 3.05) is 12.8 Å². The van der Waals surface area contributed by atoms with E-state index in [1.807, 2.05) is 12.3 Å². The van der Waals surface area contributed by atoms with Gasteiger partial charge in [-0.15, -0.1) is 11.3 Å². The quantitative estimate of drug-likeness (QED) is 0.848. The highest BCUT2D eigenvalue weighted by molar-refractivity contribution is 7.09. The first-order valence-electron chi connectivity index (χ1n) is 5.35. The molecule has 0 radical (unpaired) electrons. The van der Waals surface area contributed by atoms with Gasteiger partial charge in [0.05, 0.1) is 24.4 Å². The highest BCUT2D eigenvalue weighted by atomic mass is 32.1. The predicted molar refractivity (Wildman–Crippen MR) is 68.7 cm³/mol. The highest BCUT2D eigenvalue weighted by Gasteiger charge is 2.19. The summed E-state index contributed by atoms with van der Waals surface area (Å²) in [7, 11) is 1.31. The number of carbonyl (C=O) groups is 1. The molecule has 7 heteroatoms. The lowest BCUT2D eigenvalue weighted by molar-refractivity contribution is 0.0595. The molecule has 0 atom stereocenters. The number of hydrogen-bond donors (Lipinski definition) is 1. The van der Waals surface area contributed by atoms with Crippen molar-refractivity contribution in [3.05, 3.63) is 27.6 Å². The van der Waals surface area contributed by atoms with Gasteiger partial charge in [0.25, 0.3) is 0 Å². The predicted octanol–water partition coefficient (Wildman–Crippen LogP) is 1.37. The van der Waals surface area contributed by atoms with Crippen molar-refractivity contribution in [2.45, 2.75) is 20.4 Å². The van der Waals surface area contributed by atoms with Gasteiger partial charge < -0.3 is 15.0 Å². The monoisotopic (exact) mass is 266 g/mol. The summed E-state index contributed by atoms with van der Waals surface area (Å²) in [6, 6.07) is 0. The number of nitrogens with zero attached hydrogens (tertiary/aromatic N) is 3. The molecular formula is C11H14N4O2S. The number of methoxy groups -OCH3 is 1. The van der Waals surface area contributed by atoms with E-state index in [9.17, 15) is 4.79 Å². The standard InChI is InChI=1S/C11H14N4O2S/c1-6-13-9(11(16)17-3)10(12)15(6)4-8-5-18-7(2)14-8/h5H,4,12H2,1-3H3. The molecule has 2 heterocycles. The summed E-state index contributed by atoms with van der Waals surface area (Å²) in [6.07, 6.45) is 0. The average molecular weight is 266 g/mol. The van der Waals surface area contributed by atoms with E-state index in [0.29, 0.717) is 18.2 Å². The smallest absolute Gasteiger partial charge is 0.360 e. The molecule has 2 N–H and O–H groups in total. The van der Waals surface area contributed by atoms with Gasteiger partial charge in [-0.1, -0.05) is 0 Å². The Hall–Kier alpha value is -1.89. The Morgan fingerprint density at radius 2 is 2.22 bits per heavy atom. The molecule has 0 aliphatic heterocycles. The van der Waals surface area contributed by atoms with E-state index in [0.717, 1.165) is 10.7 Å². The van der Waals surface area contributed by atoms with Crippen LogP contribution in [0.4, 0.5) is 5.82 Å². The molecule has 2 aromatic heterocycles. The zero-order valence-electron chi connectivity index (χ0n) is 10.4. The number of anilines is 1.